The number of nitrogens with zero attached hydrogens (tertiary/aromatic N) is 2. The van der Waals surface area contributed by atoms with Crippen molar-refractivity contribution in [3.8, 4) is 11.3 Å². The van der Waals surface area contributed by atoms with E-state index in [0.717, 1.165) is 51.4 Å². The minimum absolute atomic E-state index is 0.0457. The number of thiocarbonyl (C=S) groups is 1. The molecule has 0 spiro atoms. The second kappa shape index (κ2) is 7.94. The molecule has 0 radical (unpaired) electrons. The number of benzene rings is 1. The maximum absolute atomic E-state index is 6.34. The molecule has 0 amide bonds. The van der Waals surface area contributed by atoms with Crippen LogP contribution in [0.1, 0.15) is 42.4 Å². The average Bonchev–Trinajstić information content (AvgIpc) is 3.30. The molecule has 144 valence electrons. The zero-order valence-electron chi connectivity index (χ0n) is 15.9. The van der Waals surface area contributed by atoms with Gasteiger partial charge in [0.05, 0.1) is 11.7 Å². The highest BCUT2D eigenvalue weighted by Crippen LogP contribution is 2.41. The molecular formula is C22H22ClN3OS. The molecule has 4 rings (SSSR count). The van der Waals surface area contributed by atoms with Gasteiger partial charge in [-0.25, -0.2) is 0 Å². The Hall–Kier alpha value is -2.37. The van der Waals surface area contributed by atoms with Crippen LogP contribution in [0.2, 0.25) is 5.02 Å². The fourth-order valence-electron chi connectivity index (χ4n) is 3.73. The van der Waals surface area contributed by atoms with E-state index in [1.54, 1.807) is 0 Å². The molecule has 4 nitrogen and oxygen atoms in total. The van der Waals surface area contributed by atoms with Crippen LogP contribution in [0.25, 0.3) is 11.3 Å². The topological polar surface area (TPSA) is 41.3 Å². The van der Waals surface area contributed by atoms with Gasteiger partial charge in [-0.2, -0.15) is 0 Å². The fourth-order valence-corrected chi connectivity index (χ4v) is 4.23. The van der Waals surface area contributed by atoms with Gasteiger partial charge in [0.1, 0.15) is 17.6 Å². The van der Waals surface area contributed by atoms with Crippen LogP contribution in [0.15, 0.2) is 59.1 Å². The molecule has 3 aromatic rings. The summed E-state index contributed by atoms with van der Waals surface area (Å²) in [6.07, 6.45) is 2.80. The van der Waals surface area contributed by atoms with E-state index in [-0.39, 0.29) is 12.1 Å². The van der Waals surface area contributed by atoms with E-state index in [4.69, 9.17) is 28.2 Å². The van der Waals surface area contributed by atoms with Gasteiger partial charge in [0.15, 0.2) is 5.11 Å². The Morgan fingerprint density at radius 1 is 1.18 bits per heavy atom. The van der Waals surface area contributed by atoms with Gasteiger partial charge in [-0.05, 0) is 61.5 Å². The monoisotopic (exact) mass is 411 g/mol. The van der Waals surface area contributed by atoms with Crippen molar-refractivity contribution in [1.29, 1.82) is 0 Å². The van der Waals surface area contributed by atoms with Crippen molar-refractivity contribution >= 4 is 28.9 Å². The Labute approximate surface area is 175 Å². The van der Waals surface area contributed by atoms with Crippen LogP contribution in [0.5, 0.6) is 0 Å². The number of hydrogen-bond donors (Lipinski definition) is 1. The van der Waals surface area contributed by atoms with E-state index in [0.29, 0.717) is 0 Å². The van der Waals surface area contributed by atoms with Crippen LogP contribution in [-0.2, 0) is 0 Å². The van der Waals surface area contributed by atoms with E-state index in [1.165, 1.54) is 0 Å². The molecule has 0 aliphatic carbocycles. The average molecular weight is 412 g/mol. The summed E-state index contributed by atoms with van der Waals surface area (Å²) in [4.78, 5) is 6.74. The Bertz CT molecular complexity index is 988. The summed E-state index contributed by atoms with van der Waals surface area (Å²) in [6, 6.07) is 15.7. The molecule has 1 aromatic carbocycles. The molecule has 2 atom stereocenters. The predicted molar refractivity (Wildman–Crippen MR) is 116 cm³/mol. The van der Waals surface area contributed by atoms with Crippen molar-refractivity contribution in [3.05, 3.63) is 76.8 Å². The lowest BCUT2D eigenvalue weighted by molar-refractivity contribution is 0.275. The molecule has 28 heavy (non-hydrogen) atoms. The first-order valence-corrected chi connectivity index (χ1v) is 10.2. The van der Waals surface area contributed by atoms with E-state index in [9.17, 15) is 0 Å². The summed E-state index contributed by atoms with van der Waals surface area (Å²) in [6.45, 7) is 5.01. The van der Waals surface area contributed by atoms with Gasteiger partial charge >= 0.3 is 0 Å². The first kappa shape index (κ1) is 19.0. The van der Waals surface area contributed by atoms with Gasteiger partial charge in [0.2, 0.25) is 0 Å². The number of furan rings is 1. The second-order valence-corrected chi connectivity index (χ2v) is 7.73. The smallest absolute Gasteiger partial charge is 0.170 e. The molecule has 0 unspecified atom stereocenters. The van der Waals surface area contributed by atoms with Gasteiger partial charge < -0.3 is 14.6 Å². The highest BCUT2D eigenvalue weighted by molar-refractivity contribution is 7.80. The maximum Gasteiger partial charge on any atom is 0.170 e. The largest absolute Gasteiger partial charge is 0.459 e. The van der Waals surface area contributed by atoms with Crippen LogP contribution in [0, 0.1) is 6.92 Å². The summed E-state index contributed by atoms with van der Waals surface area (Å²) < 4.78 is 6.34. The third-order valence-electron chi connectivity index (χ3n) is 5.11. The van der Waals surface area contributed by atoms with Crippen LogP contribution in [0.4, 0.5) is 0 Å². The zero-order chi connectivity index (χ0) is 19.7. The van der Waals surface area contributed by atoms with E-state index in [2.05, 4.69) is 22.1 Å². The number of halogens is 1. The zero-order valence-corrected chi connectivity index (χ0v) is 17.4. The first-order valence-electron chi connectivity index (χ1n) is 9.43. The molecular weight excluding hydrogens is 390 g/mol. The van der Waals surface area contributed by atoms with Crippen LogP contribution >= 0.6 is 23.8 Å². The summed E-state index contributed by atoms with van der Waals surface area (Å²) in [5.41, 5.74) is 2.96. The summed E-state index contributed by atoms with van der Waals surface area (Å²) in [5.74, 6) is 1.68. The minimum atomic E-state index is -0.0558. The minimum Gasteiger partial charge on any atom is -0.459 e. The molecule has 0 bridgehead atoms. The predicted octanol–water partition coefficient (Wildman–Crippen LogP) is 5.69. The quantitative estimate of drug-likeness (QED) is 0.546. The fraction of sp³-hybridized carbons (Fsp3) is 0.273. The Balaban J connectivity index is 1.75. The van der Waals surface area contributed by atoms with Gasteiger partial charge in [-0.1, -0.05) is 36.7 Å². The third kappa shape index (κ3) is 3.40. The number of hydrogen-bond acceptors (Lipinski definition) is 3. The molecule has 0 saturated carbocycles. The standard InChI is InChI=1S/C22H22ClN3OS/c1-3-13-26-21(20(25-22(26)28)17-9-4-5-12-24-17)19-11-10-18(27-19)15-7-6-8-16(23)14(15)2/h4-12,20-21H,3,13H2,1-2H3,(H,25,28)/t20-,21-/m0/s1. The second-order valence-electron chi connectivity index (χ2n) is 6.93. The number of nitrogens with one attached hydrogen (secondary N) is 1. The summed E-state index contributed by atoms with van der Waals surface area (Å²) >= 11 is 11.9. The molecule has 1 aliphatic rings. The van der Waals surface area contributed by atoms with Gasteiger partial charge in [-0.15, -0.1) is 0 Å². The number of aromatic nitrogens is 1. The lowest BCUT2D eigenvalue weighted by Gasteiger charge is -2.25. The molecule has 6 heteroatoms. The number of rotatable bonds is 5. The summed E-state index contributed by atoms with van der Waals surface area (Å²) in [7, 11) is 0. The maximum atomic E-state index is 6.34. The van der Waals surface area contributed by atoms with E-state index >= 15 is 0 Å². The van der Waals surface area contributed by atoms with Crippen LogP contribution < -0.4 is 5.32 Å². The van der Waals surface area contributed by atoms with Crippen molar-refractivity contribution in [2.45, 2.75) is 32.4 Å². The van der Waals surface area contributed by atoms with Crippen molar-refractivity contribution in [1.82, 2.24) is 15.2 Å². The van der Waals surface area contributed by atoms with E-state index < -0.39 is 0 Å². The van der Waals surface area contributed by atoms with Gasteiger partial charge in [0, 0.05) is 23.3 Å². The van der Waals surface area contributed by atoms with Gasteiger partial charge in [-0.3, -0.25) is 4.98 Å². The van der Waals surface area contributed by atoms with E-state index in [1.807, 2.05) is 61.7 Å². The van der Waals surface area contributed by atoms with Crippen molar-refractivity contribution in [2.75, 3.05) is 6.54 Å². The molecule has 1 N–H and O–H groups in total. The highest BCUT2D eigenvalue weighted by atomic mass is 35.5. The number of pyridine rings is 1. The highest BCUT2D eigenvalue weighted by Gasteiger charge is 2.41. The van der Waals surface area contributed by atoms with Gasteiger partial charge in [0.25, 0.3) is 0 Å². The lowest BCUT2D eigenvalue weighted by Crippen LogP contribution is -2.30. The molecule has 1 aliphatic heterocycles. The third-order valence-corrected chi connectivity index (χ3v) is 5.88. The first-order chi connectivity index (χ1) is 13.6. The van der Waals surface area contributed by atoms with Crippen molar-refractivity contribution < 1.29 is 4.42 Å². The normalized spacial score (nSPS) is 19.1. The molecule has 3 heterocycles. The molecule has 2 aromatic heterocycles. The summed E-state index contributed by atoms with van der Waals surface area (Å²) in [5, 5.41) is 4.91. The van der Waals surface area contributed by atoms with Crippen molar-refractivity contribution in [3.63, 3.8) is 0 Å². The Kier molecular flexibility index (Phi) is 5.38. The Morgan fingerprint density at radius 3 is 2.79 bits per heavy atom. The van der Waals surface area contributed by atoms with Crippen molar-refractivity contribution in [2.24, 2.45) is 0 Å². The SMILES string of the molecule is CCCN1C(=S)N[C@@H](c2ccccn2)[C@@H]1c1ccc(-c2cccc(Cl)c2C)o1. The van der Waals surface area contributed by atoms with Crippen LogP contribution in [-0.4, -0.2) is 21.5 Å². The Morgan fingerprint density at radius 2 is 2.04 bits per heavy atom. The molecule has 1 saturated heterocycles. The lowest BCUT2D eigenvalue weighted by atomic mass is 10.0. The van der Waals surface area contributed by atoms with Crippen LogP contribution in [0.3, 0.4) is 0 Å². The molecule has 1 fully saturated rings.